The molecule has 2 aliphatic rings. The Morgan fingerprint density at radius 2 is 2.22 bits per heavy atom. The summed E-state index contributed by atoms with van der Waals surface area (Å²) in [6.07, 6.45) is 5.87. The molecule has 0 unspecified atom stereocenters. The van der Waals surface area contributed by atoms with Crippen LogP contribution in [0, 0.1) is 6.92 Å². The van der Waals surface area contributed by atoms with Crippen LogP contribution in [0.4, 0.5) is 0 Å². The number of primary amides is 1. The molecule has 0 aromatic carbocycles. The van der Waals surface area contributed by atoms with Crippen LogP contribution in [0.25, 0.3) is 10.4 Å². The largest absolute Gasteiger partial charge is 0.394 e. The van der Waals surface area contributed by atoms with E-state index in [1.807, 2.05) is 24.5 Å². The number of nitrogens with two attached hydrogens (primary N) is 1. The van der Waals surface area contributed by atoms with Crippen molar-refractivity contribution in [2.45, 2.75) is 42.8 Å². The molecule has 0 saturated carbocycles. The van der Waals surface area contributed by atoms with Crippen LogP contribution in [-0.4, -0.2) is 48.9 Å². The third kappa shape index (κ3) is 5.06. The minimum absolute atomic E-state index is 0.201. The fourth-order valence-electron chi connectivity index (χ4n) is 4.13. The molecule has 1 amide bonds. The minimum atomic E-state index is -0.671. The summed E-state index contributed by atoms with van der Waals surface area (Å²) < 4.78 is 8.79. The Morgan fingerprint density at radius 1 is 1.42 bits per heavy atom. The molecular formula is C22H24N8O5S. The number of amides is 1. The van der Waals surface area contributed by atoms with Gasteiger partial charge in [0.2, 0.25) is 0 Å². The molecule has 13 nitrogen and oxygen atoms in total. The number of hydrogen-bond acceptors (Lipinski definition) is 8. The summed E-state index contributed by atoms with van der Waals surface area (Å²) in [6.45, 7) is 1.26. The molecule has 0 spiro atoms. The highest BCUT2D eigenvalue weighted by molar-refractivity contribution is 7.99. The SMILES string of the molecule is Cc1cn([C@H]2C[C@H](N=[N+]=[N-])[C@@H](CO)O2)c(=O)[nH]c1=O.NC(=O)c1ccn2c1CS[C@@H]2c1cccnc1. The summed E-state index contributed by atoms with van der Waals surface area (Å²) in [7, 11) is 0. The molecule has 0 aliphatic carbocycles. The van der Waals surface area contributed by atoms with E-state index in [9.17, 15) is 14.4 Å². The van der Waals surface area contributed by atoms with Gasteiger partial charge in [0.05, 0.1) is 24.3 Å². The van der Waals surface area contributed by atoms with Crippen LogP contribution >= 0.6 is 11.8 Å². The van der Waals surface area contributed by atoms with E-state index in [2.05, 4.69) is 24.6 Å². The summed E-state index contributed by atoms with van der Waals surface area (Å²) in [4.78, 5) is 43.2. The third-order valence-electron chi connectivity index (χ3n) is 5.93. The average Bonchev–Trinajstić information content (AvgIpc) is 3.57. The first-order valence-electron chi connectivity index (χ1n) is 11.0. The van der Waals surface area contributed by atoms with Gasteiger partial charge in [0.1, 0.15) is 11.6 Å². The van der Waals surface area contributed by atoms with Gasteiger partial charge in [-0.1, -0.05) is 11.2 Å². The molecule has 0 radical (unpaired) electrons. The van der Waals surface area contributed by atoms with E-state index in [0.29, 0.717) is 11.1 Å². The van der Waals surface area contributed by atoms with E-state index in [4.69, 9.17) is 21.1 Å². The number of carbonyl (C=O) groups excluding carboxylic acids is 1. The van der Waals surface area contributed by atoms with E-state index in [1.165, 1.54) is 10.8 Å². The molecule has 2 aliphatic heterocycles. The number of aromatic nitrogens is 4. The van der Waals surface area contributed by atoms with E-state index < -0.39 is 29.6 Å². The monoisotopic (exact) mass is 512 g/mol. The minimum Gasteiger partial charge on any atom is -0.394 e. The summed E-state index contributed by atoms with van der Waals surface area (Å²) in [6, 6.07) is 5.22. The Kier molecular flexibility index (Phi) is 7.60. The van der Waals surface area contributed by atoms with Crippen molar-refractivity contribution in [3.05, 3.63) is 96.7 Å². The maximum absolute atomic E-state index is 11.7. The standard InChI is InChI=1S/C12H11N3OS.C10H13N5O4/c13-11(16)9-3-5-15-10(9)7-17-12(15)8-2-1-4-14-6-8;1-5-3-15(10(18)12-9(5)17)8-2-6(13-14-11)7(4-16)19-8/h1-6,12H,7H2,(H2,13,16);3,6-8,16H,2,4H2,1H3,(H,12,17,18)/t12-;6-,7+,8+/m10/s1. The number of aliphatic hydroxyl groups excluding tert-OH is 1. The summed E-state index contributed by atoms with van der Waals surface area (Å²) >= 11 is 1.78. The molecule has 4 atom stereocenters. The number of nitrogens with one attached hydrogen (secondary N) is 1. The third-order valence-corrected chi connectivity index (χ3v) is 7.19. The second-order valence-corrected chi connectivity index (χ2v) is 9.26. The van der Waals surface area contributed by atoms with Crippen molar-refractivity contribution in [1.82, 2.24) is 19.1 Å². The van der Waals surface area contributed by atoms with Crippen molar-refractivity contribution in [2.24, 2.45) is 10.8 Å². The van der Waals surface area contributed by atoms with Crippen molar-refractivity contribution < 1.29 is 14.6 Å². The van der Waals surface area contributed by atoms with Gasteiger partial charge in [-0.3, -0.25) is 24.1 Å². The Bertz CT molecular complexity index is 1410. The predicted molar refractivity (Wildman–Crippen MR) is 131 cm³/mol. The number of fused-ring (bicyclic) bond motifs is 1. The van der Waals surface area contributed by atoms with Gasteiger partial charge >= 0.3 is 5.69 Å². The lowest BCUT2D eigenvalue weighted by atomic mass is 10.1. The van der Waals surface area contributed by atoms with Crippen LogP contribution in [0.1, 0.15) is 45.2 Å². The zero-order valence-corrected chi connectivity index (χ0v) is 20.0. The topological polar surface area (TPSA) is 194 Å². The number of ether oxygens (including phenoxy) is 1. The molecular weight excluding hydrogens is 488 g/mol. The second-order valence-electron chi connectivity index (χ2n) is 8.20. The smallest absolute Gasteiger partial charge is 0.330 e. The van der Waals surface area contributed by atoms with Crippen molar-refractivity contribution in [1.29, 1.82) is 0 Å². The molecule has 36 heavy (non-hydrogen) atoms. The van der Waals surface area contributed by atoms with E-state index in [1.54, 1.807) is 30.9 Å². The van der Waals surface area contributed by atoms with Crippen LogP contribution in [0.2, 0.25) is 0 Å². The molecule has 1 fully saturated rings. The fourth-order valence-corrected chi connectivity index (χ4v) is 5.44. The van der Waals surface area contributed by atoms with Gasteiger partial charge in [-0.15, -0.1) is 11.8 Å². The molecule has 4 N–H and O–H groups in total. The molecule has 188 valence electrons. The van der Waals surface area contributed by atoms with Crippen LogP contribution in [0.5, 0.6) is 0 Å². The van der Waals surface area contributed by atoms with Gasteiger partial charge < -0.3 is 20.1 Å². The zero-order chi connectivity index (χ0) is 25.8. The van der Waals surface area contributed by atoms with Gasteiger partial charge in [-0.05, 0) is 24.6 Å². The number of aromatic amines is 1. The Balaban J connectivity index is 0.000000170. The summed E-state index contributed by atoms with van der Waals surface area (Å²) in [5, 5.41) is 12.9. The second kappa shape index (κ2) is 10.8. The highest BCUT2D eigenvalue weighted by atomic mass is 32.2. The van der Waals surface area contributed by atoms with Crippen molar-refractivity contribution in [3.8, 4) is 0 Å². The predicted octanol–water partition coefficient (Wildman–Crippen LogP) is 1.58. The molecule has 5 heterocycles. The Hall–Kier alpha value is -3.84. The maximum atomic E-state index is 11.7. The Labute approximate surface area is 208 Å². The highest BCUT2D eigenvalue weighted by Gasteiger charge is 2.35. The van der Waals surface area contributed by atoms with Crippen molar-refractivity contribution >= 4 is 17.7 Å². The number of hydrogen-bond donors (Lipinski definition) is 3. The first-order chi connectivity index (χ1) is 17.3. The number of pyridine rings is 1. The van der Waals surface area contributed by atoms with Crippen molar-refractivity contribution in [2.75, 3.05) is 6.61 Å². The van der Waals surface area contributed by atoms with E-state index in [0.717, 1.165) is 17.0 Å². The Morgan fingerprint density at radius 3 is 2.89 bits per heavy atom. The summed E-state index contributed by atoms with van der Waals surface area (Å²) in [5.74, 6) is 0.455. The fraction of sp³-hybridized carbons (Fsp3) is 0.364. The number of carbonyl (C=O) groups is 1. The van der Waals surface area contributed by atoms with E-state index >= 15 is 0 Å². The van der Waals surface area contributed by atoms with Crippen molar-refractivity contribution in [3.63, 3.8) is 0 Å². The summed E-state index contributed by atoms with van der Waals surface area (Å²) in [5.41, 5.74) is 15.9. The first kappa shape index (κ1) is 25.3. The number of rotatable bonds is 5. The van der Waals surface area contributed by atoms with Gasteiger partial charge in [0.25, 0.3) is 11.5 Å². The lowest BCUT2D eigenvalue weighted by molar-refractivity contribution is -0.0271. The van der Waals surface area contributed by atoms with Gasteiger partial charge in [-0.25, -0.2) is 4.79 Å². The van der Waals surface area contributed by atoms with Crippen LogP contribution < -0.4 is 17.0 Å². The number of aliphatic hydroxyl groups is 1. The number of aryl methyl sites for hydroxylation is 1. The number of H-pyrrole nitrogens is 1. The van der Waals surface area contributed by atoms with Gasteiger partial charge in [0.15, 0.2) is 0 Å². The number of azide groups is 1. The molecule has 14 heteroatoms. The van der Waals surface area contributed by atoms with Crippen LogP contribution in [0.15, 0.2) is 57.7 Å². The van der Waals surface area contributed by atoms with Gasteiger partial charge in [-0.2, -0.15) is 0 Å². The van der Waals surface area contributed by atoms with Gasteiger partial charge in [0, 0.05) is 58.7 Å². The quantitative estimate of drug-likeness (QED) is 0.262. The maximum Gasteiger partial charge on any atom is 0.330 e. The van der Waals surface area contributed by atoms with Crippen LogP contribution in [-0.2, 0) is 10.5 Å². The lowest BCUT2D eigenvalue weighted by Crippen LogP contribution is -2.33. The lowest BCUT2D eigenvalue weighted by Gasteiger charge is -2.14. The molecule has 3 aromatic heterocycles. The zero-order valence-electron chi connectivity index (χ0n) is 19.2. The molecule has 5 rings (SSSR count). The first-order valence-corrected chi connectivity index (χ1v) is 12.0. The number of nitrogens with zero attached hydrogens (tertiary/aromatic N) is 6. The normalized spacial score (nSPS) is 22.3. The molecule has 0 bridgehead atoms. The number of thioether (sulfide) groups is 1. The molecule has 3 aromatic rings. The average molecular weight is 513 g/mol. The highest BCUT2D eigenvalue weighted by Crippen LogP contribution is 2.41. The van der Waals surface area contributed by atoms with Crippen LogP contribution in [0.3, 0.4) is 0 Å². The molecule has 1 saturated heterocycles. The van der Waals surface area contributed by atoms with E-state index in [-0.39, 0.29) is 24.3 Å².